The normalized spacial score (nSPS) is 11.1. The quantitative estimate of drug-likeness (QED) is 0.470. The third kappa shape index (κ3) is 6.69. The number of sulfonamides is 1. The summed E-state index contributed by atoms with van der Waals surface area (Å²) in [4.78, 5) is 24.1. The van der Waals surface area contributed by atoms with E-state index in [2.05, 4.69) is 4.72 Å². The van der Waals surface area contributed by atoms with Gasteiger partial charge in [0.2, 0.25) is 10.0 Å². The molecule has 2 aromatic rings. The second-order valence-electron chi connectivity index (χ2n) is 6.46. The van der Waals surface area contributed by atoms with E-state index < -0.39 is 22.6 Å². The molecule has 2 rings (SSSR count). The lowest BCUT2D eigenvalue weighted by Crippen LogP contribution is -2.28. The SMILES string of the molecule is CCOc1ccc(C(=O)COC(=O)CCNS(=O)(=O)c2cc(C)ccc2C)cc1. The Morgan fingerprint density at radius 2 is 1.72 bits per heavy atom. The number of benzene rings is 2. The summed E-state index contributed by atoms with van der Waals surface area (Å²) in [6.45, 7) is 5.37. The van der Waals surface area contributed by atoms with Crippen LogP contribution in [0, 0.1) is 13.8 Å². The van der Waals surface area contributed by atoms with Gasteiger partial charge in [-0.25, -0.2) is 13.1 Å². The summed E-state index contributed by atoms with van der Waals surface area (Å²) in [5.74, 6) is -0.359. The van der Waals surface area contributed by atoms with Crippen LogP contribution in [0.4, 0.5) is 0 Å². The van der Waals surface area contributed by atoms with E-state index in [0.29, 0.717) is 23.5 Å². The molecule has 0 aromatic heterocycles. The fourth-order valence-corrected chi connectivity index (χ4v) is 3.93. The van der Waals surface area contributed by atoms with Gasteiger partial charge < -0.3 is 9.47 Å². The highest BCUT2D eigenvalue weighted by molar-refractivity contribution is 7.89. The van der Waals surface area contributed by atoms with Crippen molar-refractivity contribution in [3.05, 3.63) is 59.2 Å². The molecule has 0 atom stereocenters. The number of Topliss-reactive ketones (excluding diaryl/α,β-unsaturated/α-hetero) is 1. The third-order valence-corrected chi connectivity index (χ3v) is 5.71. The number of carbonyl (C=O) groups excluding carboxylic acids is 2. The molecule has 0 fully saturated rings. The summed E-state index contributed by atoms with van der Waals surface area (Å²) in [6, 6.07) is 11.7. The Labute approximate surface area is 171 Å². The van der Waals surface area contributed by atoms with Crippen LogP contribution < -0.4 is 9.46 Å². The summed E-state index contributed by atoms with van der Waals surface area (Å²) in [5.41, 5.74) is 1.84. The van der Waals surface area contributed by atoms with Gasteiger partial charge >= 0.3 is 5.97 Å². The summed E-state index contributed by atoms with van der Waals surface area (Å²) in [5, 5.41) is 0. The summed E-state index contributed by atoms with van der Waals surface area (Å²) in [7, 11) is -3.73. The second kappa shape index (κ2) is 10.2. The van der Waals surface area contributed by atoms with Crippen LogP contribution in [-0.4, -0.2) is 39.9 Å². The first-order valence-corrected chi connectivity index (χ1v) is 10.7. The molecule has 0 amide bonds. The predicted octanol–water partition coefficient (Wildman–Crippen LogP) is 2.80. The first-order valence-electron chi connectivity index (χ1n) is 9.21. The van der Waals surface area contributed by atoms with E-state index in [1.165, 1.54) is 0 Å². The lowest BCUT2D eigenvalue weighted by atomic mass is 10.1. The molecule has 0 heterocycles. The molecule has 0 spiro atoms. The number of carbonyl (C=O) groups is 2. The molecule has 29 heavy (non-hydrogen) atoms. The minimum Gasteiger partial charge on any atom is -0.494 e. The summed E-state index contributed by atoms with van der Waals surface area (Å²) in [6.07, 6.45) is -0.180. The Morgan fingerprint density at radius 3 is 2.38 bits per heavy atom. The van der Waals surface area contributed by atoms with Crippen LogP contribution in [0.1, 0.15) is 34.8 Å². The Balaban J connectivity index is 1.81. The van der Waals surface area contributed by atoms with Crippen LogP contribution in [0.2, 0.25) is 0 Å². The van der Waals surface area contributed by atoms with Gasteiger partial charge in [-0.15, -0.1) is 0 Å². The highest BCUT2D eigenvalue weighted by Gasteiger charge is 2.17. The van der Waals surface area contributed by atoms with Crippen molar-refractivity contribution in [1.29, 1.82) is 0 Å². The molecule has 1 N–H and O–H groups in total. The fraction of sp³-hybridized carbons (Fsp3) is 0.333. The summed E-state index contributed by atoms with van der Waals surface area (Å²) >= 11 is 0. The number of aryl methyl sites for hydroxylation is 2. The van der Waals surface area contributed by atoms with Gasteiger partial charge in [-0.3, -0.25) is 9.59 Å². The zero-order chi connectivity index (χ0) is 21.4. The van der Waals surface area contributed by atoms with Crippen LogP contribution in [-0.2, 0) is 19.6 Å². The first kappa shape index (κ1) is 22.6. The molecule has 0 saturated carbocycles. The average molecular weight is 419 g/mol. The number of esters is 1. The van der Waals surface area contributed by atoms with Crippen molar-refractivity contribution < 1.29 is 27.5 Å². The maximum absolute atomic E-state index is 12.4. The van der Waals surface area contributed by atoms with E-state index >= 15 is 0 Å². The number of hydrogen-bond acceptors (Lipinski definition) is 6. The van der Waals surface area contributed by atoms with E-state index in [9.17, 15) is 18.0 Å². The standard InChI is InChI=1S/C21H25NO6S/c1-4-27-18-9-7-17(8-10-18)19(23)14-28-21(24)11-12-22-29(25,26)20-13-15(2)5-6-16(20)3/h5-10,13,22H,4,11-12,14H2,1-3H3. The van der Waals surface area contributed by atoms with Gasteiger partial charge in [-0.2, -0.15) is 0 Å². The van der Waals surface area contributed by atoms with Crippen LogP contribution in [0.15, 0.2) is 47.4 Å². The van der Waals surface area contributed by atoms with E-state index in [0.717, 1.165) is 5.56 Å². The number of ether oxygens (including phenoxy) is 2. The molecule has 0 aliphatic heterocycles. The van der Waals surface area contributed by atoms with E-state index in [1.54, 1.807) is 50.2 Å². The number of hydrogen-bond donors (Lipinski definition) is 1. The van der Waals surface area contributed by atoms with Gasteiger partial charge in [0.15, 0.2) is 12.4 Å². The molecule has 0 bridgehead atoms. The monoisotopic (exact) mass is 419 g/mol. The van der Waals surface area contributed by atoms with E-state index in [4.69, 9.17) is 9.47 Å². The average Bonchev–Trinajstić information content (AvgIpc) is 2.68. The highest BCUT2D eigenvalue weighted by Crippen LogP contribution is 2.16. The van der Waals surface area contributed by atoms with Crippen LogP contribution >= 0.6 is 0 Å². The van der Waals surface area contributed by atoms with Crippen molar-refractivity contribution in [3.8, 4) is 5.75 Å². The Hall–Kier alpha value is -2.71. The minimum absolute atomic E-state index is 0.119. The maximum atomic E-state index is 12.4. The van der Waals surface area contributed by atoms with Crippen LogP contribution in [0.5, 0.6) is 5.75 Å². The largest absolute Gasteiger partial charge is 0.494 e. The molecular formula is C21H25NO6S. The Kier molecular flexibility index (Phi) is 7.92. The first-order chi connectivity index (χ1) is 13.7. The van der Waals surface area contributed by atoms with Gasteiger partial charge in [-0.1, -0.05) is 12.1 Å². The van der Waals surface area contributed by atoms with E-state index in [1.807, 2.05) is 13.0 Å². The summed E-state index contributed by atoms with van der Waals surface area (Å²) < 4.78 is 37.4. The van der Waals surface area contributed by atoms with E-state index in [-0.39, 0.29) is 23.6 Å². The third-order valence-electron chi connectivity index (χ3n) is 4.11. The molecule has 0 aliphatic carbocycles. The lowest BCUT2D eigenvalue weighted by molar-refractivity contribution is -0.142. The van der Waals surface area contributed by atoms with Crippen LogP contribution in [0.25, 0.3) is 0 Å². The Morgan fingerprint density at radius 1 is 1.03 bits per heavy atom. The topological polar surface area (TPSA) is 98.8 Å². The number of ketones is 1. The van der Waals surface area contributed by atoms with Gasteiger partial charge in [-0.05, 0) is 62.2 Å². The second-order valence-corrected chi connectivity index (χ2v) is 8.19. The van der Waals surface area contributed by atoms with Crippen molar-refractivity contribution in [1.82, 2.24) is 4.72 Å². The maximum Gasteiger partial charge on any atom is 0.307 e. The van der Waals surface area contributed by atoms with Gasteiger partial charge in [0.25, 0.3) is 0 Å². The van der Waals surface area contributed by atoms with Crippen molar-refractivity contribution in [2.45, 2.75) is 32.1 Å². The molecule has 0 radical (unpaired) electrons. The number of rotatable bonds is 10. The molecule has 2 aromatic carbocycles. The minimum atomic E-state index is -3.73. The molecule has 0 saturated heterocycles. The van der Waals surface area contributed by atoms with Crippen molar-refractivity contribution in [2.75, 3.05) is 19.8 Å². The molecular weight excluding hydrogens is 394 g/mol. The van der Waals surface area contributed by atoms with Gasteiger partial charge in [0.05, 0.1) is 17.9 Å². The van der Waals surface area contributed by atoms with Crippen molar-refractivity contribution in [2.24, 2.45) is 0 Å². The molecule has 156 valence electrons. The van der Waals surface area contributed by atoms with Crippen molar-refractivity contribution >= 4 is 21.8 Å². The predicted molar refractivity (Wildman–Crippen MR) is 109 cm³/mol. The van der Waals surface area contributed by atoms with Gasteiger partial charge in [0.1, 0.15) is 5.75 Å². The Bertz CT molecular complexity index is 967. The molecule has 7 nitrogen and oxygen atoms in total. The molecule has 0 aliphatic rings. The van der Waals surface area contributed by atoms with Crippen LogP contribution in [0.3, 0.4) is 0 Å². The lowest BCUT2D eigenvalue weighted by Gasteiger charge is -2.10. The molecule has 0 unspecified atom stereocenters. The molecule has 8 heteroatoms. The van der Waals surface area contributed by atoms with Crippen molar-refractivity contribution in [3.63, 3.8) is 0 Å². The highest BCUT2D eigenvalue weighted by atomic mass is 32.2. The van der Waals surface area contributed by atoms with Gasteiger partial charge in [0, 0.05) is 12.1 Å². The zero-order valence-corrected chi connectivity index (χ0v) is 17.5. The smallest absolute Gasteiger partial charge is 0.307 e. The zero-order valence-electron chi connectivity index (χ0n) is 16.7. The fourth-order valence-electron chi connectivity index (χ4n) is 2.57. The number of nitrogens with one attached hydrogen (secondary N) is 1.